The normalized spacial score (nSPS) is 9.00. The molecular formula is C13H13N3O3. The third-order valence-electron chi connectivity index (χ3n) is 2.30. The summed E-state index contributed by atoms with van der Waals surface area (Å²) in [6.45, 7) is -0.521. The van der Waals surface area contributed by atoms with Crippen LogP contribution < -0.4 is 9.47 Å². The molecule has 0 saturated heterocycles. The number of methoxy groups -OCH3 is 1. The molecule has 0 radical (unpaired) electrons. The fourth-order valence-electron chi connectivity index (χ4n) is 1.37. The number of para-hydroxylation sites is 2. The molecule has 0 fully saturated rings. The van der Waals surface area contributed by atoms with E-state index in [0.29, 0.717) is 11.5 Å². The molecule has 1 rings (SSSR count). The minimum atomic E-state index is -0.422. The average Bonchev–Trinajstić information content (AvgIpc) is 2.44. The zero-order chi connectivity index (χ0) is 14.1. The Morgan fingerprint density at radius 3 is 2.32 bits per heavy atom. The van der Waals surface area contributed by atoms with Crippen LogP contribution in [0.15, 0.2) is 24.3 Å². The maximum absolute atomic E-state index is 11.8. The number of carbonyl (C=O) groups is 1. The van der Waals surface area contributed by atoms with Crippen molar-refractivity contribution in [1.29, 1.82) is 10.5 Å². The Balaban J connectivity index is 2.63. The molecule has 0 aromatic heterocycles. The minimum Gasteiger partial charge on any atom is -0.493 e. The van der Waals surface area contributed by atoms with Crippen LogP contribution in [0.25, 0.3) is 0 Å². The molecule has 0 aliphatic carbocycles. The van der Waals surface area contributed by atoms with Gasteiger partial charge in [0, 0.05) is 0 Å². The van der Waals surface area contributed by atoms with Crippen LogP contribution in [0.2, 0.25) is 0 Å². The van der Waals surface area contributed by atoms with E-state index in [1.807, 2.05) is 12.1 Å². The Morgan fingerprint density at radius 2 is 1.79 bits per heavy atom. The first-order chi connectivity index (χ1) is 9.22. The van der Waals surface area contributed by atoms with E-state index < -0.39 is 5.91 Å². The number of hydrogen-bond acceptors (Lipinski definition) is 5. The number of amides is 1. The van der Waals surface area contributed by atoms with Crippen LogP contribution in [0.4, 0.5) is 0 Å². The van der Waals surface area contributed by atoms with Crippen molar-refractivity contribution >= 4 is 5.91 Å². The smallest absolute Gasteiger partial charge is 0.262 e. The SMILES string of the molecule is COc1ccccc1OCC(=O)N(CC#N)CC#N. The molecule has 0 heterocycles. The molecule has 19 heavy (non-hydrogen) atoms. The Morgan fingerprint density at radius 1 is 1.21 bits per heavy atom. The van der Waals surface area contributed by atoms with Crippen molar-refractivity contribution < 1.29 is 14.3 Å². The summed E-state index contributed by atoms with van der Waals surface area (Å²) in [7, 11) is 1.50. The van der Waals surface area contributed by atoms with E-state index >= 15 is 0 Å². The van der Waals surface area contributed by atoms with Crippen molar-refractivity contribution in [1.82, 2.24) is 4.90 Å². The molecule has 98 valence electrons. The number of rotatable bonds is 6. The number of ether oxygens (including phenoxy) is 2. The molecule has 0 aliphatic rings. The maximum atomic E-state index is 11.8. The lowest BCUT2D eigenvalue weighted by Crippen LogP contribution is -2.35. The summed E-state index contributed by atoms with van der Waals surface area (Å²) in [4.78, 5) is 12.9. The van der Waals surface area contributed by atoms with Crippen molar-refractivity contribution in [3.63, 3.8) is 0 Å². The van der Waals surface area contributed by atoms with Crippen molar-refractivity contribution in [2.45, 2.75) is 0 Å². The number of nitriles is 2. The maximum Gasteiger partial charge on any atom is 0.262 e. The quantitative estimate of drug-likeness (QED) is 0.710. The molecule has 1 aromatic carbocycles. The van der Waals surface area contributed by atoms with Gasteiger partial charge in [-0.25, -0.2) is 0 Å². The molecule has 0 aliphatic heterocycles. The van der Waals surface area contributed by atoms with Crippen molar-refractivity contribution in [3.05, 3.63) is 24.3 Å². The van der Waals surface area contributed by atoms with Gasteiger partial charge in [-0.05, 0) is 12.1 Å². The summed E-state index contributed by atoms with van der Waals surface area (Å²) in [5.74, 6) is 0.531. The highest BCUT2D eigenvalue weighted by molar-refractivity contribution is 5.78. The highest BCUT2D eigenvalue weighted by Gasteiger charge is 2.14. The van der Waals surface area contributed by atoms with Gasteiger partial charge in [-0.1, -0.05) is 12.1 Å². The zero-order valence-corrected chi connectivity index (χ0v) is 10.5. The highest BCUT2D eigenvalue weighted by atomic mass is 16.5. The lowest BCUT2D eigenvalue weighted by Gasteiger charge is -2.16. The lowest BCUT2D eigenvalue weighted by atomic mass is 10.3. The topological polar surface area (TPSA) is 86.3 Å². The Hall–Kier alpha value is -2.73. The van der Waals surface area contributed by atoms with Gasteiger partial charge in [0.25, 0.3) is 5.91 Å². The van der Waals surface area contributed by atoms with E-state index in [-0.39, 0.29) is 19.7 Å². The third-order valence-corrected chi connectivity index (χ3v) is 2.30. The molecule has 0 spiro atoms. The van der Waals surface area contributed by atoms with E-state index in [0.717, 1.165) is 4.90 Å². The monoisotopic (exact) mass is 259 g/mol. The highest BCUT2D eigenvalue weighted by Crippen LogP contribution is 2.25. The fraction of sp³-hybridized carbons (Fsp3) is 0.308. The first-order valence-electron chi connectivity index (χ1n) is 5.50. The Labute approximate surface area is 111 Å². The predicted molar refractivity (Wildman–Crippen MR) is 66.3 cm³/mol. The van der Waals surface area contributed by atoms with Crippen molar-refractivity contribution in [3.8, 4) is 23.6 Å². The predicted octanol–water partition coefficient (Wildman–Crippen LogP) is 0.950. The first-order valence-corrected chi connectivity index (χ1v) is 5.50. The van der Waals surface area contributed by atoms with E-state index in [9.17, 15) is 4.79 Å². The van der Waals surface area contributed by atoms with E-state index in [2.05, 4.69) is 0 Å². The summed E-state index contributed by atoms with van der Waals surface area (Å²) >= 11 is 0. The summed E-state index contributed by atoms with van der Waals surface area (Å²) in [6, 6.07) is 10.6. The molecule has 6 nitrogen and oxygen atoms in total. The average molecular weight is 259 g/mol. The van der Waals surface area contributed by atoms with Crippen molar-refractivity contribution in [2.24, 2.45) is 0 Å². The third kappa shape index (κ3) is 4.21. The van der Waals surface area contributed by atoms with E-state index in [1.54, 1.807) is 24.3 Å². The molecule has 0 unspecified atom stereocenters. The van der Waals surface area contributed by atoms with Gasteiger partial charge in [-0.3, -0.25) is 4.79 Å². The fourth-order valence-corrected chi connectivity index (χ4v) is 1.37. The summed E-state index contributed by atoms with van der Waals surface area (Å²) in [5.41, 5.74) is 0. The number of carbonyl (C=O) groups excluding carboxylic acids is 1. The van der Waals surface area contributed by atoms with Crippen LogP contribution >= 0.6 is 0 Å². The second-order valence-electron chi connectivity index (χ2n) is 3.51. The molecule has 0 N–H and O–H groups in total. The van der Waals surface area contributed by atoms with Gasteiger partial charge in [0.05, 0.1) is 19.2 Å². The second-order valence-corrected chi connectivity index (χ2v) is 3.51. The molecule has 0 atom stereocenters. The van der Waals surface area contributed by atoms with Gasteiger partial charge in [-0.15, -0.1) is 0 Å². The molecule has 0 saturated carbocycles. The van der Waals surface area contributed by atoms with Crippen LogP contribution in [-0.4, -0.2) is 37.6 Å². The van der Waals surface area contributed by atoms with Gasteiger partial charge in [0.2, 0.25) is 0 Å². The molecule has 0 bridgehead atoms. The van der Waals surface area contributed by atoms with Gasteiger partial charge < -0.3 is 14.4 Å². The largest absolute Gasteiger partial charge is 0.493 e. The molecule has 1 aromatic rings. The lowest BCUT2D eigenvalue weighted by molar-refractivity contribution is -0.132. The van der Waals surface area contributed by atoms with E-state index in [1.165, 1.54) is 7.11 Å². The zero-order valence-electron chi connectivity index (χ0n) is 10.5. The molecule has 6 heteroatoms. The first kappa shape index (κ1) is 14.3. The van der Waals surface area contributed by atoms with Gasteiger partial charge in [0.1, 0.15) is 13.1 Å². The molecular weight excluding hydrogens is 246 g/mol. The van der Waals surface area contributed by atoms with Crippen molar-refractivity contribution in [2.75, 3.05) is 26.8 Å². The number of hydrogen-bond donors (Lipinski definition) is 0. The van der Waals surface area contributed by atoms with Crippen LogP contribution in [0.3, 0.4) is 0 Å². The minimum absolute atomic E-state index is 0.137. The van der Waals surface area contributed by atoms with Crippen LogP contribution in [0.1, 0.15) is 0 Å². The standard InChI is InChI=1S/C13H13N3O3/c1-18-11-4-2-3-5-12(11)19-10-13(17)16(8-6-14)9-7-15/h2-5H,8-10H2,1H3. The van der Waals surface area contributed by atoms with Crippen LogP contribution in [-0.2, 0) is 4.79 Å². The van der Waals surface area contributed by atoms with Crippen LogP contribution in [0, 0.1) is 22.7 Å². The summed E-state index contributed by atoms with van der Waals surface area (Å²) < 4.78 is 10.4. The van der Waals surface area contributed by atoms with Gasteiger partial charge in [0.15, 0.2) is 18.1 Å². The summed E-state index contributed by atoms with van der Waals surface area (Å²) in [5, 5.41) is 17.1. The van der Waals surface area contributed by atoms with Crippen LogP contribution in [0.5, 0.6) is 11.5 Å². The number of nitrogens with zero attached hydrogens (tertiary/aromatic N) is 3. The van der Waals surface area contributed by atoms with E-state index in [4.69, 9.17) is 20.0 Å². The second kappa shape index (κ2) is 7.57. The summed E-state index contributed by atoms with van der Waals surface area (Å²) in [6.07, 6.45) is 0. The Bertz CT molecular complexity index is 501. The van der Waals surface area contributed by atoms with Gasteiger partial charge >= 0.3 is 0 Å². The van der Waals surface area contributed by atoms with Gasteiger partial charge in [-0.2, -0.15) is 10.5 Å². The Kier molecular flexibility index (Phi) is 5.71. The number of benzene rings is 1. The molecule has 1 amide bonds.